The van der Waals surface area contributed by atoms with Crippen molar-refractivity contribution in [1.29, 1.82) is 0 Å². The molecule has 0 bridgehead atoms. The molecule has 6 N–H and O–H groups in total. The van der Waals surface area contributed by atoms with Crippen LogP contribution in [0.4, 0.5) is 0 Å². The van der Waals surface area contributed by atoms with Gasteiger partial charge >= 0.3 is 35.8 Å². The summed E-state index contributed by atoms with van der Waals surface area (Å²) in [6.45, 7) is 0. The van der Waals surface area contributed by atoms with Crippen LogP contribution in [0, 0.1) is 0 Å². The summed E-state index contributed by atoms with van der Waals surface area (Å²) in [7, 11) is 0. The van der Waals surface area contributed by atoms with Gasteiger partial charge in [0.1, 0.15) is 0 Å². The van der Waals surface area contributed by atoms with Gasteiger partial charge in [-0.3, -0.25) is 0 Å². The number of rotatable bonds is 12. The highest BCUT2D eigenvalue weighted by atomic mass is 16.4. The van der Waals surface area contributed by atoms with E-state index in [2.05, 4.69) is 0 Å². The third-order valence-electron chi connectivity index (χ3n) is 13.0. The Hall–Kier alpha value is -10.2. The van der Waals surface area contributed by atoms with Crippen molar-refractivity contribution in [3.8, 4) is 66.8 Å². The molecule has 0 aliphatic carbocycles. The molecule has 0 spiro atoms. The zero-order valence-corrected chi connectivity index (χ0v) is 37.5. The summed E-state index contributed by atoms with van der Waals surface area (Å²) in [5, 5.41) is 63.4. The molecule has 0 amide bonds. The van der Waals surface area contributed by atoms with Crippen LogP contribution in [-0.2, 0) is 0 Å². The minimum absolute atomic E-state index is 0.0724. The molecular formula is C60H36O12. The second-order valence-electron chi connectivity index (χ2n) is 17.1. The molecule has 10 rings (SSSR count). The van der Waals surface area contributed by atoms with Crippen LogP contribution in [0.15, 0.2) is 182 Å². The molecule has 0 fully saturated rings. The van der Waals surface area contributed by atoms with Gasteiger partial charge in [-0.05, 0) is 208 Å². The number of hydrogen-bond donors (Lipinski definition) is 6. The lowest BCUT2D eigenvalue weighted by Gasteiger charge is -2.21. The molecule has 0 heterocycles. The van der Waals surface area contributed by atoms with E-state index >= 15 is 0 Å². The van der Waals surface area contributed by atoms with Gasteiger partial charge in [-0.2, -0.15) is 0 Å². The standard InChI is InChI=1S/C60H36O12/c61-55(62)37-13-1-31(2-14-37)43-25-49-50(26-44(43)32-3-15-38(16-4-32)56(63)64)52-28-46(34-7-19-40(20-8-34)58(67)68)48(36-11-23-42(24-12-36)60(71)72)30-54(52)53-29-47(35-9-21-41(22-10-35)59(69)70)45(27-51(49)53)33-5-17-39(18-6-33)57(65)66/h1-30H,(H,61,62)(H,63,64)(H,65,66)(H,67,68)(H,69,70)(H,71,72). The largest absolute Gasteiger partial charge is 0.478 e. The highest BCUT2D eigenvalue weighted by Crippen LogP contribution is 2.48. The van der Waals surface area contributed by atoms with Crippen molar-refractivity contribution in [1.82, 2.24) is 0 Å². The van der Waals surface area contributed by atoms with Crippen LogP contribution >= 0.6 is 0 Å². The first-order valence-corrected chi connectivity index (χ1v) is 22.2. The Labute approximate surface area is 408 Å². The zero-order valence-electron chi connectivity index (χ0n) is 37.5. The van der Waals surface area contributed by atoms with E-state index in [0.717, 1.165) is 32.3 Å². The predicted octanol–water partition coefficient (Wildman–Crippen LogP) is 13.3. The van der Waals surface area contributed by atoms with Gasteiger partial charge in [-0.15, -0.1) is 0 Å². The van der Waals surface area contributed by atoms with E-state index in [1.165, 1.54) is 72.8 Å². The second kappa shape index (κ2) is 18.0. The van der Waals surface area contributed by atoms with E-state index in [4.69, 9.17) is 0 Å². The quantitative estimate of drug-likeness (QED) is 0.0629. The summed E-state index contributed by atoms with van der Waals surface area (Å²) in [5.74, 6) is -6.64. The van der Waals surface area contributed by atoms with E-state index in [9.17, 15) is 59.4 Å². The number of aromatic carboxylic acids is 6. The third-order valence-corrected chi connectivity index (χ3v) is 13.0. The summed E-state index contributed by atoms with van der Waals surface area (Å²) in [4.78, 5) is 72.2. The van der Waals surface area contributed by atoms with Gasteiger partial charge in [0, 0.05) is 0 Å². The summed E-state index contributed by atoms with van der Waals surface area (Å²) < 4.78 is 0. The van der Waals surface area contributed by atoms with Crippen molar-refractivity contribution >= 4 is 68.1 Å². The lowest BCUT2D eigenvalue weighted by atomic mass is 9.82. The average molecular weight is 949 g/mol. The smallest absolute Gasteiger partial charge is 0.335 e. The molecule has 0 radical (unpaired) electrons. The Morgan fingerprint density at radius 3 is 0.403 bits per heavy atom. The average Bonchev–Trinajstić information content (AvgIpc) is 3.40. The molecule has 0 unspecified atom stereocenters. The van der Waals surface area contributed by atoms with E-state index in [1.807, 2.05) is 36.4 Å². The summed E-state index contributed by atoms with van der Waals surface area (Å²) >= 11 is 0. The van der Waals surface area contributed by atoms with E-state index in [-0.39, 0.29) is 33.4 Å². The fourth-order valence-electron chi connectivity index (χ4n) is 9.32. The van der Waals surface area contributed by atoms with Gasteiger partial charge in [-0.1, -0.05) is 72.8 Å². The van der Waals surface area contributed by atoms with Crippen molar-refractivity contribution in [3.05, 3.63) is 215 Å². The summed E-state index contributed by atoms with van der Waals surface area (Å²) in [5.41, 5.74) is 8.49. The van der Waals surface area contributed by atoms with Crippen LogP contribution in [-0.4, -0.2) is 66.5 Å². The van der Waals surface area contributed by atoms with E-state index in [1.54, 1.807) is 72.8 Å². The first-order valence-electron chi connectivity index (χ1n) is 22.2. The molecule has 0 aromatic heterocycles. The summed E-state index contributed by atoms with van der Waals surface area (Å²) in [6.07, 6.45) is 0. The number of carboxylic acid groups (broad SMARTS) is 6. The van der Waals surface area contributed by atoms with Crippen LogP contribution in [0.5, 0.6) is 0 Å². The lowest BCUT2D eigenvalue weighted by molar-refractivity contribution is 0.0686. The second-order valence-corrected chi connectivity index (χ2v) is 17.1. The Morgan fingerprint density at radius 2 is 0.306 bits per heavy atom. The monoisotopic (exact) mass is 948 g/mol. The Kier molecular flexibility index (Phi) is 11.4. The highest BCUT2D eigenvalue weighted by molar-refractivity contribution is 6.29. The van der Waals surface area contributed by atoms with Crippen molar-refractivity contribution in [2.75, 3.05) is 0 Å². The number of hydrogen-bond acceptors (Lipinski definition) is 6. The molecule has 0 saturated heterocycles. The fraction of sp³-hybridized carbons (Fsp3) is 0. The molecule has 0 aliphatic heterocycles. The van der Waals surface area contributed by atoms with Gasteiger partial charge in [0.15, 0.2) is 0 Å². The van der Waals surface area contributed by atoms with Gasteiger partial charge in [-0.25, -0.2) is 28.8 Å². The van der Waals surface area contributed by atoms with Crippen molar-refractivity contribution in [3.63, 3.8) is 0 Å². The zero-order chi connectivity index (χ0) is 50.5. The highest BCUT2D eigenvalue weighted by Gasteiger charge is 2.22. The molecule has 0 atom stereocenters. The first-order chi connectivity index (χ1) is 34.6. The molecular weight excluding hydrogens is 913 g/mol. The van der Waals surface area contributed by atoms with Gasteiger partial charge in [0.05, 0.1) is 33.4 Å². The molecule has 10 aromatic rings. The molecule has 12 nitrogen and oxygen atoms in total. The number of carbonyl (C=O) groups is 6. The van der Waals surface area contributed by atoms with Crippen molar-refractivity contribution in [2.24, 2.45) is 0 Å². The van der Waals surface area contributed by atoms with Crippen LogP contribution in [0.3, 0.4) is 0 Å². The fourth-order valence-corrected chi connectivity index (χ4v) is 9.32. The van der Waals surface area contributed by atoms with Crippen LogP contribution in [0.1, 0.15) is 62.1 Å². The van der Waals surface area contributed by atoms with Gasteiger partial charge in [0.25, 0.3) is 0 Å². The number of carboxylic acids is 6. The lowest BCUT2D eigenvalue weighted by Crippen LogP contribution is -1.98. The number of benzene rings is 10. The summed E-state index contributed by atoms with van der Waals surface area (Å²) in [6, 6.07) is 50.6. The predicted molar refractivity (Wildman–Crippen MR) is 273 cm³/mol. The molecule has 0 aliphatic rings. The van der Waals surface area contributed by atoms with Gasteiger partial charge < -0.3 is 30.6 Å². The topological polar surface area (TPSA) is 224 Å². The maximum atomic E-state index is 12.0. The van der Waals surface area contributed by atoms with Crippen molar-refractivity contribution < 1.29 is 59.4 Å². The molecule has 348 valence electrons. The van der Waals surface area contributed by atoms with Crippen LogP contribution < -0.4 is 0 Å². The third kappa shape index (κ3) is 8.30. The van der Waals surface area contributed by atoms with Crippen molar-refractivity contribution in [2.45, 2.75) is 0 Å². The first kappa shape index (κ1) is 45.6. The van der Waals surface area contributed by atoms with Crippen LogP contribution in [0.25, 0.3) is 99.1 Å². The Bertz CT molecular complexity index is 3220. The maximum Gasteiger partial charge on any atom is 0.335 e. The Balaban J connectivity index is 1.39. The van der Waals surface area contributed by atoms with Gasteiger partial charge in [0.2, 0.25) is 0 Å². The molecule has 72 heavy (non-hydrogen) atoms. The number of fused-ring (bicyclic) bond motifs is 6. The van der Waals surface area contributed by atoms with E-state index in [0.29, 0.717) is 66.8 Å². The Morgan fingerprint density at radius 1 is 0.194 bits per heavy atom. The molecule has 10 aromatic carbocycles. The van der Waals surface area contributed by atoms with Crippen LogP contribution in [0.2, 0.25) is 0 Å². The minimum Gasteiger partial charge on any atom is -0.478 e. The SMILES string of the molecule is O=C(O)c1ccc(-c2cc3c4cc(-c5ccc(C(=O)O)cc5)c(-c5ccc(C(=O)O)cc5)cc4c4cc(-c5ccc(C(=O)O)cc5)c(-c5ccc(C(=O)O)cc5)cc4c3cc2-c2ccc(C(=O)O)cc2)cc1. The maximum absolute atomic E-state index is 12.0. The van der Waals surface area contributed by atoms with E-state index < -0.39 is 35.8 Å². The normalized spacial score (nSPS) is 11.2. The molecule has 0 saturated carbocycles. The molecule has 12 heteroatoms. The minimum atomic E-state index is -1.11.